The fourth-order valence-corrected chi connectivity index (χ4v) is 2.67. The van der Waals surface area contributed by atoms with Crippen molar-refractivity contribution in [1.82, 2.24) is 0 Å². The van der Waals surface area contributed by atoms with Crippen LogP contribution < -0.4 is 4.74 Å². The third-order valence-corrected chi connectivity index (χ3v) is 3.84. The Balaban J connectivity index is 1.95. The first-order valence-corrected chi connectivity index (χ1v) is 7.86. The number of fused-ring (bicyclic) bond motifs is 1. The smallest absolute Gasteiger partial charge is 0.332 e. The highest BCUT2D eigenvalue weighted by Gasteiger charge is 2.09. The molecule has 0 saturated heterocycles. The highest BCUT2D eigenvalue weighted by molar-refractivity contribution is 5.97. The van der Waals surface area contributed by atoms with Crippen molar-refractivity contribution in [2.24, 2.45) is 0 Å². The van der Waals surface area contributed by atoms with Gasteiger partial charge in [0.1, 0.15) is 18.1 Å². The fraction of sp³-hybridized carbons (Fsp3) is 0.0952. The van der Waals surface area contributed by atoms with Gasteiger partial charge in [0.2, 0.25) is 0 Å². The summed E-state index contributed by atoms with van der Waals surface area (Å²) in [4.78, 5) is 11.0. The standard InChI is InChI=1S/C21H18O4/c1-24-20(13-21(22)23)18-9-5-6-16-11-10-15(12-19(16)18)14-25-17-7-3-2-4-8-17/h2-13H,14H2,1H3,(H,22,23)/b20-13+. The predicted molar refractivity (Wildman–Crippen MR) is 97.3 cm³/mol. The molecule has 0 aliphatic carbocycles. The second-order valence-corrected chi connectivity index (χ2v) is 5.51. The average Bonchev–Trinajstić information content (AvgIpc) is 2.64. The number of para-hydroxylation sites is 1. The van der Waals surface area contributed by atoms with Crippen LogP contribution in [0.25, 0.3) is 16.5 Å². The van der Waals surface area contributed by atoms with E-state index in [9.17, 15) is 4.79 Å². The number of ether oxygens (including phenoxy) is 2. The molecule has 25 heavy (non-hydrogen) atoms. The molecule has 0 heterocycles. The Hall–Kier alpha value is -3.27. The molecule has 0 aromatic heterocycles. The zero-order valence-electron chi connectivity index (χ0n) is 13.8. The summed E-state index contributed by atoms with van der Waals surface area (Å²) in [7, 11) is 1.47. The lowest BCUT2D eigenvalue weighted by Crippen LogP contribution is -1.98. The fourth-order valence-electron chi connectivity index (χ4n) is 2.67. The van der Waals surface area contributed by atoms with Gasteiger partial charge in [-0.3, -0.25) is 0 Å². The van der Waals surface area contributed by atoms with Crippen LogP contribution in [0.5, 0.6) is 5.75 Å². The van der Waals surface area contributed by atoms with E-state index in [2.05, 4.69) is 0 Å². The minimum atomic E-state index is -1.04. The van der Waals surface area contributed by atoms with Crippen molar-refractivity contribution in [3.8, 4) is 5.75 Å². The van der Waals surface area contributed by atoms with Crippen molar-refractivity contribution in [2.75, 3.05) is 7.11 Å². The Kier molecular flexibility index (Phi) is 5.00. The second kappa shape index (κ2) is 7.53. The molecule has 4 heteroatoms. The molecule has 0 aliphatic heterocycles. The molecule has 0 unspecified atom stereocenters. The van der Waals surface area contributed by atoms with E-state index in [1.807, 2.05) is 66.7 Å². The maximum atomic E-state index is 11.0. The molecule has 3 rings (SSSR count). The molecule has 0 bridgehead atoms. The number of methoxy groups -OCH3 is 1. The van der Waals surface area contributed by atoms with Crippen molar-refractivity contribution in [3.63, 3.8) is 0 Å². The van der Waals surface area contributed by atoms with Crippen LogP contribution in [0, 0.1) is 0 Å². The average molecular weight is 334 g/mol. The number of carboxylic acids is 1. The first-order valence-electron chi connectivity index (χ1n) is 7.86. The van der Waals surface area contributed by atoms with Gasteiger partial charge in [0.05, 0.1) is 13.2 Å². The molecule has 3 aromatic rings. The Labute approximate surface area is 145 Å². The first kappa shape index (κ1) is 16.6. The Bertz CT molecular complexity index is 914. The SMILES string of the molecule is CO/C(=C/C(=O)O)c1cccc2ccc(COc3ccccc3)cc12. The monoisotopic (exact) mass is 334 g/mol. The van der Waals surface area contributed by atoms with Gasteiger partial charge >= 0.3 is 5.97 Å². The van der Waals surface area contributed by atoms with E-state index in [1.54, 1.807) is 0 Å². The van der Waals surface area contributed by atoms with Gasteiger partial charge in [-0.15, -0.1) is 0 Å². The molecular formula is C21H18O4. The number of carboxylic acid groups (broad SMARTS) is 1. The predicted octanol–water partition coefficient (Wildman–Crippen LogP) is 4.49. The van der Waals surface area contributed by atoms with Gasteiger partial charge < -0.3 is 14.6 Å². The van der Waals surface area contributed by atoms with Crippen LogP contribution in [0.2, 0.25) is 0 Å². The van der Waals surface area contributed by atoms with E-state index in [4.69, 9.17) is 14.6 Å². The first-order chi connectivity index (χ1) is 12.2. The third kappa shape index (κ3) is 3.98. The second-order valence-electron chi connectivity index (χ2n) is 5.51. The summed E-state index contributed by atoms with van der Waals surface area (Å²) in [5.74, 6) is 0.0795. The van der Waals surface area contributed by atoms with E-state index in [0.717, 1.165) is 33.7 Å². The lowest BCUT2D eigenvalue weighted by atomic mass is 10.0. The van der Waals surface area contributed by atoms with Crippen LogP contribution in [0.1, 0.15) is 11.1 Å². The van der Waals surface area contributed by atoms with Gasteiger partial charge in [-0.1, -0.05) is 48.5 Å². The summed E-state index contributed by atoms with van der Waals surface area (Å²) in [5.41, 5.74) is 1.73. The molecule has 1 N–H and O–H groups in total. The van der Waals surface area contributed by atoms with Gasteiger partial charge in [-0.25, -0.2) is 4.79 Å². The molecule has 4 nitrogen and oxygen atoms in total. The molecule has 0 amide bonds. The van der Waals surface area contributed by atoms with E-state index in [0.29, 0.717) is 12.4 Å². The zero-order chi connectivity index (χ0) is 17.6. The minimum Gasteiger partial charge on any atom is -0.496 e. The number of carbonyl (C=O) groups is 1. The molecule has 0 radical (unpaired) electrons. The largest absolute Gasteiger partial charge is 0.496 e. The number of hydrogen-bond acceptors (Lipinski definition) is 3. The molecule has 0 aliphatic rings. The van der Waals surface area contributed by atoms with E-state index >= 15 is 0 Å². The molecule has 126 valence electrons. The summed E-state index contributed by atoms with van der Waals surface area (Å²) in [6.07, 6.45) is 1.07. The summed E-state index contributed by atoms with van der Waals surface area (Å²) in [5, 5.41) is 11.0. The number of aliphatic carboxylic acids is 1. The molecule has 0 atom stereocenters. The van der Waals surface area contributed by atoms with Crippen molar-refractivity contribution < 1.29 is 19.4 Å². The molecule has 0 spiro atoms. The van der Waals surface area contributed by atoms with Crippen LogP contribution in [0.3, 0.4) is 0 Å². The van der Waals surface area contributed by atoms with Crippen molar-refractivity contribution in [1.29, 1.82) is 0 Å². The lowest BCUT2D eigenvalue weighted by molar-refractivity contribution is -0.131. The zero-order valence-corrected chi connectivity index (χ0v) is 13.8. The van der Waals surface area contributed by atoms with Crippen LogP contribution >= 0.6 is 0 Å². The summed E-state index contributed by atoms with van der Waals surface area (Å²) in [6.45, 7) is 0.430. The quantitative estimate of drug-likeness (QED) is 0.533. The number of rotatable bonds is 6. The van der Waals surface area contributed by atoms with E-state index < -0.39 is 5.97 Å². The van der Waals surface area contributed by atoms with Crippen LogP contribution in [0.4, 0.5) is 0 Å². The lowest BCUT2D eigenvalue weighted by Gasteiger charge is -2.12. The van der Waals surface area contributed by atoms with Crippen molar-refractivity contribution in [2.45, 2.75) is 6.61 Å². The molecule has 0 saturated carbocycles. The molecule has 0 fully saturated rings. The maximum absolute atomic E-state index is 11.0. The van der Waals surface area contributed by atoms with Crippen LogP contribution in [-0.4, -0.2) is 18.2 Å². The topological polar surface area (TPSA) is 55.8 Å². The van der Waals surface area contributed by atoms with Gasteiger partial charge in [-0.2, -0.15) is 0 Å². The Morgan fingerprint density at radius 2 is 1.84 bits per heavy atom. The Morgan fingerprint density at radius 3 is 2.56 bits per heavy atom. The van der Waals surface area contributed by atoms with E-state index in [1.165, 1.54) is 7.11 Å². The van der Waals surface area contributed by atoms with Crippen LogP contribution in [-0.2, 0) is 16.1 Å². The highest BCUT2D eigenvalue weighted by Crippen LogP contribution is 2.27. The van der Waals surface area contributed by atoms with Gasteiger partial charge in [-0.05, 0) is 34.5 Å². The van der Waals surface area contributed by atoms with Gasteiger partial charge in [0.25, 0.3) is 0 Å². The maximum Gasteiger partial charge on any atom is 0.332 e. The number of benzene rings is 3. The highest BCUT2D eigenvalue weighted by atomic mass is 16.5. The molecular weight excluding hydrogens is 316 g/mol. The summed E-state index contributed by atoms with van der Waals surface area (Å²) >= 11 is 0. The van der Waals surface area contributed by atoms with Gasteiger partial charge in [0.15, 0.2) is 0 Å². The van der Waals surface area contributed by atoms with E-state index in [-0.39, 0.29) is 0 Å². The minimum absolute atomic E-state index is 0.319. The van der Waals surface area contributed by atoms with Crippen molar-refractivity contribution in [3.05, 3.63) is 83.9 Å². The Morgan fingerprint density at radius 1 is 1.04 bits per heavy atom. The van der Waals surface area contributed by atoms with Gasteiger partial charge in [0, 0.05) is 5.56 Å². The molecule has 3 aromatic carbocycles. The van der Waals surface area contributed by atoms with Crippen molar-refractivity contribution >= 4 is 22.5 Å². The normalized spacial score (nSPS) is 11.3. The summed E-state index contributed by atoms with van der Waals surface area (Å²) < 4.78 is 11.1. The van der Waals surface area contributed by atoms with Crippen LogP contribution in [0.15, 0.2) is 72.8 Å². The third-order valence-electron chi connectivity index (χ3n) is 3.84. The number of hydrogen-bond donors (Lipinski definition) is 1. The summed E-state index contributed by atoms with van der Waals surface area (Å²) in [6, 6.07) is 21.3.